The molecule has 0 aliphatic heterocycles. The Morgan fingerprint density at radius 1 is 0.947 bits per heavy atom. The van der Waals surface area contributed by atoms with E-state index >= 15 is 0 Å². The maximum atomic E-state index is 11.5. The molecule has 0 aliphatic rings. The number of hydrogen-bond donors (Lipinski definition) is 1. The van der Waals surface area contributed by atoms with Crippen LogP contribution in [0.4, 0.5) is 0 Å². The van der Waals surface area contributed by atoms with E-state index in [9.17, 15) is 8.76 Å². The van der Waals surface area contributed by atoms with Crippen LogP contribution in [-0.2, 0) is 11.1 Å². The minimum absolute atomic E-state index is 0. The SMILES string of the molecule is CC(C)c1ccc(S(=O)O)c(C(C)C)c1C(C)C.[H-].[K+]. The van der Waals surface area contributed by atoms with Gasteiger partial charge in [0.15, 0.2) is 11.1 Å². The molecule has 1 rings (SSSR count). The van der Waals surface area contributed by atoms with Crippen molar-refractivity contribution in [2.75, 3.05) is 0 Å². The molecule has 0 fully saturated rings. The monoisotopic (exact) mass is 308 g/mol. The van der Waals surface area contributed by atoms with E-state index in [0.717, 1.165) is 5.56 Å². The van der Waals surface area contributed by atoms with Crippen molar-refractivity contribution in [2.45, 2.75) is 64.2 Å². The standard InChI is InChI=1S/C15H24O2S.K.H/c1-9(2)12-7-8-13(18(16)17)15(11(5)6)14(12)10(3)4;;/h7-11H,1-6H3,(H,16,17);;/q;+1;-1. The second-order valence-electron chi connectivity index (χ2n) is 5.69. The first kappa shape index (κ1) is 20.0. The van der Waals surface area contributed by atoms with E-state index < -0.39 is 11.1 Å². The van der Waals surface area contributed by atoms with Gasteiger partial charge in [0.1, 0.15) is 0 Å². The Morgan fingerprint density at radius 2 is 1.42 bits per heavy atom. The molecule has 19 heavy (non-hydrogen) atoms. The van der Waals surface area contributed by atoms with Gasteiger partial charge in [-0.1, -0.05) is 47.6 Å². The van der Waals surface area contributed by atoms with Crippen molar-refractivity contribution in [2.24, 2.45) is 0 Å². The summed E-state index contributed by atoms with van der Waals surface area (Å²) in [7, 11) is 0. The van der Waals surface area contributed by atoms with Crippen LogP contribution in [0.25, 0.3) is 0 Å². The molecule has 0 radical (unpaired) electrons. The van der Waals surface area contributed by atoms with E-state index in [2.05, 4.69) is 41.5 Å². The summed E-state index contributed by atoms with van der Waals surface area (Å²) in [6, 6.07) is 3.82. The summed E-state index contributed by atoms with van der Waals surface area (Å²) < 4.78 is 21.0. The predicted octanol–water partition coefficient (Wildman–Crippen LogP) is 1.75. The topological polar surface area (TPSA) is 37.3 Å². The third-order valence-corrected chi connectivity index (χ3v) is 3.98. The first-order valence-corrected chi connectivity index (χ1v) is 7.65. The van der Waals surface area contributed by atoms with Crippen LogP contribution in [0.15, 0.2) is 17.0 Å². The number of benzene rings is 1. The molecule has 2 nitrogen and oxygen atoms in total. The van der Waals surface area contributed by atoms with Gasteiger partial charge >= 0.3 is 51.4 Å². The summed E-state index contributed by atoms with van der Waals surface area (Å²) in [6.07, 6.45) is 0. The van der Waals surface area contributed by atoms with Gasteiger partial charge in [0.25, 0.3) is 0 Å². The normalized spacial score (nSPS) is 12.9. The molecule has 1 unspecified atom stereocenters. The van der Waals surface area contributed by atoms with Crippen LogP contribution in [-0.4, -0.2) is 8.76 Å². The Kier molecular flexibility index (Phi) is 8.85. The third kappa shape index (κ3) is 4.73. The second kappa shape index (κ2) is 8.42. The van der Waals surface area contributed by atoms with Crippen LogP contribution in [0.3, 0.4) is 0 Å². The largest absolute Gasteiger partial charge is 1.00 e. The Morgan fingerprint density at radius 3 is 1.74 bits per heavy atom. The Balaban J connectivity index is 0. The minimum atomic E-state index is -1.91. The summed E-state index contributed by atoms with van der Waals surface area (Å²) in [5.74, 6) is 1.05. The van der Waals surface area contributed by atoms with E-state index in [1.807, 2.05) is 12.1 Å². The van der Waals surface area contributed by atoms with Gasteiger partial charge in [0, 0.05) is 0 Å². The summed E-state index contributed by atoms with van der Waals surface area (Å²) >= 11 is -1.91. The third-order valence-electron chi connectivity index (χ3n) is 3.25. The van der Waals surface area contributed by atoms with Crippen molar-refractivity contribution in [1.82, 2.24) is 0 Å². The van der Waals surface area contributed by atoms with Crippen LogP contribution in [0.5, 0.6) is 0 Å². The van der Waals surface area contributed by atoms with Crippen molar-refractivity contribution in [1.29, 1.82) is 0 Å². The first-order valence-electron chi connectivity index (χ1n) is 6.54. The molecule has 0 amide bonds. The zero-order chi connectivity index (χ0) is 14.0. The molecular formula is C15H25KO2S. The van der Waals surface area contributed by atoms with Crippen molar-refractivity contribution in [3.63, 3.8) is 0 Å². The van der Waals surface area contributed by atoms with E-state index in [1.54, 1.807) is 0 Å². The van der Waals surface area contributed by atoms with Crippen molar-refractivity contribution < 1.29 is 61.6 Å². The van der Waals surface area contributed by atoms with Gasteiger partial charge in [-0.2, -0.15) is 0 Å². The number of hydrogen-bond acceptors (Lipinski definition) is 1. The fourth-order valence-electron chi connectivity index (χ4n) is 2.53. The molecular weight excluding hydrogens is 283 g/mol. The van der Waals surface area contributed by atoms with Gasteiger partial charge in [-0.15, -0.1) is 0 Å². The molecule has 1 aromatic rings. The van der Waals surface area contributed by atoms with Gasteiger partial charge in [-0.25, -0.2) is 4.21 Å². The fourth-order valence-corrected chi connectivity index (χ4v) is 3.25. The molecule has 0 aromatic heterocycles. The predicted molar refractivity (Wildman–Crippen MR) is 78.9 cm³/mol. The maximum Gasteiger partial charge on any atom is 1.00 e. The molecule has 4 heteroatoms. The average molecular weight is 309 g/mol. The Hall–Kier alpha value is 0.966. The molecule has 104 valence electrons. The van der Waals surface area contributed by atoms with Gasteiger partial charge < -0.3 is 5.98 Å². The Bertz CT molecular complexity index is 459. The van der Waals surface area contributed by atoms with E-state index in [1.165, 1.54) is 11.1 Å². The molecule has 0 heterocycles. The van der Waals surface area contributed by atoms with Crippen LogP contribution in [0.2, 0.25) is 0 Å². The van der Waals surface area contributed by atoms with Crippen LogP contribution in [0.1, 0.15) is 77.4 Å². The van der Waals surface area contributed by atoms with Gasteiger partial charge in [-0.3, -0.25) is 0 Å². The van der Waals surface area contributed by atoms with Gasteiger partial charge in [-0.05, 0) is 40.5 Å². The van der Waals surface area contributed by atoms with Crippen LogP contribution < -0.4 is 51.4 Å². The fraction of sp³-hybridized carbons (Fsp3) is 0.600. The summed E-state index contributed by atoms with van der Waals surface area (Å²) in [5.41, 5.74) is 3.60. The van der Waals surface area contributed by atoms with E-state index in [4.69, 9.17) is 0 Å². The van der Waals surface area contributed by atoms with E-state index in [-0.39, 0.29) is 58.7 Å². The minimum Gasteiger partial charge on any atom is -1.00 e. The summed E-state index contributed by atoms with van der Waals surface area (Å²) in [5, 5.41) is 0. The molecule has 0 saturated carbocycles. The molecule has 1 N–H and O–H groups in total. The molecule has 0 bridgehead atoms. The van der Waals surface area contributed by atoms with Crippen molar-refractivity contribution in [3.05, 3.63) is 28.8 Å². The van der Waals surface area contributed by atoms with Gasteiger partial charge in [0.2, 0.25) is 0 Å². The van der Waals surface area contributed by atoms with Crippen molar-refractivity contribution >= 4 is 11.1 Å². The van der Waals surface area contributed by atoms with Crippen LogP contribution >= 0.6 is 0 Å². The zero-order valence-corrected chi connectivity index (χ0v) is 17.1. The summed E-state index contributed by atoms with van der Waals surface area (Å²) in [4.78, 5) is 0.568. The number of rotatable bonds is 4. The van der Waals surface area contributed by atoms with Gasteiger partial charge in [0.05, 0.1) is 4.90 Å². The second-order valence-corrected chi connectivity index (χ2v) is 6.63. The molecule has 1 aromatic carbocycles. The maximum absolute atomic E-state index is 11.5. The van der Waals surface area contributed by atoms with E-state index in [0.29, 0.717) is 16.7 Å². The quantitative estimate of drug-likeness (QED) is 0.680. The zero-order valence-electron chi connectivity index (χ0n) is 14.2. The molecule has 1 atom stereocenters. The average Bonchev–Trinajstić information content (AvgIpc) is 2.26. The molecule has 0 saturated heterocycles. The molecule has 0 spiro atoms. The van der Waals surface area contributed by atoms with Crippen molar-refractivity contribution in [3.8, 4) is 0 Å². The Labute approximate surface area is 164 Å². The first-order chi connectivity index (χ1) is 8.27. The molecule has 0 aliphatic carbocycles. The summed E-state index contributed by atoms with van der Waals surface area (Å²) in [6.45, 7) is 12.8. The smallest absolute Gasteiger partial charge is 1.00 e. The van der Waals surface area contributed by atoms with Crippen LogP contribution in [0, 0.1) is 0 Å².